The summed E-state index contributed by atoms with van der Waals surface area (Å²) >= 11 is 5.84. The van der Waals surface area contributed by atoms with E-state index in [0.29, 0.717) is 12.2 Å². The highest BCUT2D eigenvalue weighted by atomic mass is 35.5. The van der Waals surface area contributed by atoms with Crippen LogP contribution in [0.4, 0.5) is 0 Å². The number of para-hydroxylation sites is 1. The van der Waals surface area contributed by atoms with Gasteiger partial charge in [0.25, 0.3) is 0 Å². The van der Waals surface area contributed by atoms with Crippen molar-refractivity contribution in [3.8, 4) is 17.8 Å². The first kappa shape index (κ1) is 15.5. The van der Waals surface area contributed by atoms with Gasteiger partial charge in [0.1, 0.15) is 5.75 Å². The average molecular weight is 310 g/mol. The van der Waals surface area contributed by atoms with Crippen molar-refractivity contribution in [3.63, 3.8) is 0 Å². The zero-order valence-corrected chi connectivity index (χ0v) is 12.5. The molecule has 1 N–H and O–H groups in total. The molecule has 0 saturated carbocycles. The van der Waals surface area contributed by atoms with Gasteiger partial charge < -0.3 is 14.6 Å². The number of aliphatic hydroxyl groups is 1. The highest BCUT2D eigenvalue weighted by Gasteiger charge is 2.11. The van der Waals surface area contributed by atoms with E-state index in [4.69, 9.17) is 26.2 Å². The fourth-order valence-electron chi connectivity index (χ4n) is 1.65. The van der Waals surface area contributed by atoms with Crippen LogP contribution in [0, 0.1) is 0 Å². The summed E-state index contributed by atoms with van der Waals surface area (Å²) in [5.41, 5.74) is 0.850. The number of hydrogen-bond donors (Lipinski definition) is 1. The van der Waals surface area contributed by atoms with E-state index in [-0.39, 0.29) is 30.0 Å². The van der Waals surface area contributed by atoms with Gasteiger partial charge in [-0.25, -0.2) is 0 Å². The Kier molecular flexibility index (Phi) is 5.30. The van der Waals surface area contributed by atoms with E-state index < -0.39 is 0 Å². The molecule has 1 aromatic heterocycles. The standard InChI is InChI=1S/C14H16ClN3O3/c1-9(2)20-13-16-12(15)17-14(18-13)21-11-6-4-3-5-10(11)7-8-19/h3-6,9,19H,7-8H2,1-2H3. The fraction of sp³-hybridized carbons (Fsp3) is 0.357. The van der Waals surface area contributed by atoms with Crippen molar-refractivity contribution in [2.45, 2.75) is 26.4 Å². The number of aliphatic hydroxyl groups excluding tert-OH is 1. The van der Waals surface area contributed by atoms with Crippen LogP contribution in [0.15, 0.2) is 24.3 Å². The van der Waals surface area contributed by atoms with Gasteiger partial charge in [-0.15, -0.1) is 4.98 Å². The van der Waals surface area contributed by atoms with Crippen molar-refractivity contribution in [1.82, 2.24) is 15.0 Å². The van der Waals surface area contributed by atoms with Gasteiger partial charge in [-0.1, -0.05) is 18.2 Å². The van der Waals surface area contributed by atoms with E-state index in [1.807, 2.05) is 32.0 Å². The van der Waals surface area contributed by atoms with Crippen molar-refractivity contribution in [2.24, 2.45) is 0 Å². The van der Waals surface area contributed by atoms with Crippen LogP contribution in [0.1, 0.15) is 19.4 Å². The molecule has 1 heterocycles. The van der Waals surface area contributed by atoms with Crippen LogP contribution in [-0.4, -0.2) is 32.8 Å². The molecule has 0 atom stereocenters. The smallest absolute Gasteiger partial charge is 0.329 e. The summed E-state index contributed by atoms with van der Waals surface area (Å²) in [4.78, 5) is 11.8. The van der Waals surface area contributed by atoms with E-state index in [1.54, 1.807) is 6.07 Å². The van der Waals surface area contributed by atoms with Gasteiger partial charge in [-0.05, 0) is 43.5 Å². The lowest BCUT2D eigenvalue weighted by Crippen LogP contribution is -2.09. The summed E-state index contributed by atoms with van der Waals surface area (Å²) in [6, 6.07) is 7.48. The monoisotopic (exact) mass is 309 g/mol. The molecule has 6 nitrogen and oxygen atoms in total. The van der Waals surface area contributed by atoms with E-state index >= 15 is 0 Å². The van der Waals surface area contributed by atoms with Gasteiger partial charge >= 0.3 is 12.0 Å². The highest BCUT2D eigenvalue weighted by Crippen LogP contribution is 2.25. The van der Waals surface area contributed by atoms with Crippen molar-refractivity contribution >= 4 is 11.6 Å². The second-order valence-electron chi connectivity index (χ2n) is 4.52. The van der Waals surface area contributed by atoms with Crippen LogP contribution in [0.3, 0.4) is 0 Å². The maximum atomic E-state index is 9.06. The summed E-state index contributed by atoms with van der Waals surface area (Å²) in [7, 11) is 0. The number of aromatic nitrogens is 3. The summed E-state index contributed by atoms with van der Waals surface area (Å²) in [5, 5.41) is 9.06. The van der Waals surface area contributed by atoms with Gasteiger partial charge in [0.05, 0.1) is 6.10 Å². The van der Waals surface area contributed by atoms with Gasteiger partial charge in [0, 0.05) is 6.61 Å². The number of nitrogens with zero attached hydrogens (tertiary/aromatic N) is 3. The zero-order chi connectivity index (χ0) is 15.2. The SMILES string of the molecule is CC(C)Oc1nc(Cl)nc(Oc2ccccc2CCO)n1. The first-order chi connectivity index (χ1) is 10.1. The normalized spacial score (nSPS) is 10.7. The number of rotatable bonds is 6. The largest absolute Gasteiger partial charge is 0.461 e. The third-order valence-corrected chi connectivity index (χ3v) is 2.63. The molecule has 0 bridgehead atoms. The molecule has 112 valence electrons. The molecule has 2 aromatic rings. The Hall–Kier alpha value is -1.92. The number of benzene rings is 1. The first-order valence-electron chi connectivity index (χ1n) is 6.53. The van der Waals surface area contributed by atoms with E-state index in [2.05, 4.69) is 15.0 Å². The van der Waals surface area contributed by atoms with Crippen LogP contribution in [-0.2, 0) is 6.42 Å². The Morgan fingerprint density at radius 2 is 1.86 bits per heavy atom. The van der Waals surface area contributed by atoms with Gasteiger partial charge in [-0.3, -0.25) is 0 Å². The van der Waals surface area contributed by atoms with Crippen LogP contribution in [0.5, 0.6) is 17.8 Å². The van der Waals surface area contributed by atoms with Crippen molar-refractivity contribution in [2.75, 3.05) is 6.61 Å². The second kappa shape index (κ2) is 7.19. The molecule has 0 aliphatic carbocycles. The van der Waals surface area contributed by atoms with E-state index in [0.717, 1.165) is 5.56 Å². The molecule has 2 rings (SSSR count). The lowest BCUT2D eigenvalue weighted by molar-refractivity contribution is 0.218. The molecule has 0 aliphatic rings. The summed E-state index contributed by atoms with van der Waals surface area (Å²) in [6.45, 7) is 3.74. The molecule has 0 saturated heterocycles. The molecule has 0 spiro atoms. The second-order valence-corrected chi connectivity index (χ2v) is 4.86. The molecular weight excluding hydrogens is 294 g/mol. The highest BCUT2D eigenvalue weighted by molar-refractivity contribution is 6.28. The lowest BCUT2D eigenvalue weighted by Gasteiger charge is -2.11. The van der Waals surface area contributed by atoms with Crippen molar-refractivity contribution < 1.29 is 14.6 Å². The van der Waals surface area contributed by atoms with Crippen LogP contribution in [0.25, 0.3) is 0 Å². The molecule has 7 heteroatoms. The molecule has 0 unspecified atom stereocenters. The van der Waals surface area contributed by atoms with Gasteiger partial charge in [0.15, 0.2) is 0 Å². The quantitative estimate of drug-likeness (QED) is 0.884. The third kappa shape index (κ3) is 4.54. The van der Waals surface area contributed by atoms with Crippen molar-refractivity contribution in [3.05, 3.63) is 35.1 Å². The van der Waals surface area contributed by atoms with Crippen molar-refractivity contribution in [1.29, 1.82) is 0 Å². The maximum absolute atomic E-state index is 9.06. The van der Waals surface area contributed by atoms with Gasteiger partial charge in [0.2, 0.25) is 5.28 Å². The fourth-order valence-corrected chi connectivity index (χ4v) is 1.80. The summed E-state index contributed by atoms with van der Waals surface area (Å²) in [5.74, 6) is 0.560. The predicted molar refractivity (Wildman–Crippen MR) is 77.9 cm³/mol. The van der Waals surface area contributed by atoms with Crippen LogP contribution >= 0.6 is 11.6 Å². The average Bonchev–Trinajstić information content (AvgIpc) is 2.40. The molecule has 1 aromatic carbocycles. The Bertz CT molecular complexity index is 608. The zero-order valence-electron chi connectivity index (χ0n) is 11.8. The molecule has 0 radical (unpaired) electrons. The third-order valence-electron chi connectivity index (χ3n) is 2.46. The predicted octanol–water partition coefficient (Wildman–Crippen LogP) is 2.64. The number of ether oxygens (including phenoxy) is 2. The minimum absolute atomic E-state index is 0.00436. The van der Waals surface area contributed by atoms with E-state index in [9.17, 15) is 0 Å². The topological polar surface area (TPSA) is 77.4 Å². The van der Waals surface area contributed by atoms with Gasteiger partial charge in [-0.2, -0.15) is 9.97 Å². The molecule has 0 aliphatic heterocycles. The number of hydrogen-bond acceptors (Lipinski definition) is 6. The first-order valence-corrected chi connectivity index (χ1v) is 6.91. The molecular formula is C14H16ClN3O3. The number of halogens is 1. The Morgan fingerprint density at radius 3 is 2.57 bits per heavy atom. The van der Waals surface area contributed by atoms with Crippen LogP contribution < -0.4 is 9.47 Å². The minimum Gasteiger partial charge on any atom is -0.461 e. The molecule has 21 heavy (non-hydrogen) atoms. The molecule has 0 fully saturated rings. The van der Waals surface area contributed by atoms with Crippen LogP contribution in [0.2, 0.25) is 5.28 Å². The summed E-state index contributed by atoms with van der Waals surface area (Å²) in [6.07, 6.45) is 0.391. The Morgan fingerprint density at radius 1 is 1.14 bits per heavy atom. The Labute approximate surface area is 127 Å². The Balaban J connectivity index is 2.25. The summed E-state index contributed by atoms with van der Waals surface area (Å²) < 4.78 is 11.0. The van der Waals surface area contributed by atoms with E-state index in [1.165, 1.54) is 0 Å². The maximum Gasteiger partial charge on any atom is 0.329 e. The minimum atomic E-state index is -0.0852. The molecule has 0 amide bonds. The lowest BCUT2D eigenvalue weighted by atomic mass is 10.1.